The van der Waals surface area contributed by atoms with Crippen LogP contribution >= 0.6 is 11.6 Å². The van der Waals surface area contributed by atoms with E-state index in [-0.39, 0.29) is 5.56 Å². The smallest absolute Gasteiger partial charge is 0.323 e. The number of hydrogen-bond acceptors (Lipinski definition) is 4. The first-order valence-electron chi connectivity index (χ1n) is 5.33. The quantitative estimate of drug-likeness (QED) is 0.183. The Morgan fingerprint density at radius 2 is 1.84 bits per heavy atom. The van der Waals surface area contributed by atoms with E-state index in [9.17, 15) is 14.4 Å². The standard InChI is InChI=1S/C12H13ClN2O4/c1-12(11(19)15-14,8(13)10(17)18)9(16)7-5-3-2-4-6-7/h2-6,8H,14H2,1H3,(H,15,19)(H,17,18). The summed E-state index contributed by atoms with van der Waals surface area (Å²) in [5.74, 6) is 1.87. The SMILES string of the molecule is CC(C(=O)NN)(C(=O)c1ccccc1)C(Cl)C(=O)O. The third-order valence-corrected chi connectivity index (χ3v) is 3.46. The van der Waals surface area contributed by atoms with Crippen molar-refractivity contribution >= 4 is 29.3 Å². The molecule has 1 rings (SSSR count). The van der Waals surface area contributed by atoms with Gasteiger partial charge in [0.15, 0.2) is 11.2 Å². The Morgan fingerprint density at radius 3 is 2.26 bits per heavy atom. The molecule has 0 radical (unpaired) electrons. The monoisotopic (exact) mass is 284 g/mol. The van der Waals surface area contributed by atoms with E-state index in [2.05, 4.69) is 0 Å². The van der Waals surface area contributed by atoms with Crippen molar-refractivity contribution in [2.24, 2.45) is 11.3 Å². The third kappa shape index (κ3) is 2.74. The van der Waals surface area contributed by atoms with Crippen LogP contribution in [0.3, 0.4) is 0 Å². The van der Waals surface area contributed by atoms with Crippen LogP contribution in [-0.2, 0) is 9.59 Å². The predicted octanol–water partition coefficient (Wildman–Crippen LogP) is 0.557. The summed E-state index contributed by atoms with van der Waals surface area (Å²) in [6.45, 7) is 1.15. The number of carboxylic acid groups (broad SMARTS) is 1. The fourth-order valence-electron chi connectivity index (χ4n) is 1.62. The molecule has 4 N–H and O–H groups in total. The van der Waals surface area contributed by atoms with Crippen LogP contribution in [0.1, 0.15) is 17.3 Å². The number of benzene rings is 1. The lowest BCUT2D eigenvalue weighted by molar-refractivity contribution is -0.142. The number of Topliss-reactive ketones (excluding diaryl/α,β-unsaturated/α-hetero) is 1. The summed E-state index contributed by atoms with van der Waals surface area (Å²) in [4.78, 5) is 35.1. The van der Waals surface area contributed by atoms with E-state index in [1.807, 2.05) is 0 Å². The van der Waals surface area contributed by atoms with E-state index in [1.165, 1.54) is 12.1 Å². The first kappa shape index (κ1) is 15.1. The molecule has 0 aliphatic heterocycles. The van der Waals surface area contributed by atoms with Gasteiger partial charge >= 0.3 is 5.97 Å². The number of hydrazine groups is 1. The van der Waals surface area contributed by atoms with Crippen molar-refractivity contribution < 1.29 is 19.5 Å². The number of halogens is 1. The largest absolute Gasteiger partial charge is 0.480 e. The van der Waals surface area contributed by atoms with Crippen molar-refractivity contribution in [3.8, 4) is 0 Å². The number of ketones is 1. The number of nitrogens with one attached hydrogen (secondary N) is 1. The maximum Gasteiger partial charge on any atom is 0.323 e. The first-order chi connectivity index (χ1) is 8.85. The zero-order valence-corrected chi connectivity index (χ0v) is 10.8. The van der Waals surface area contributed by atoms with Crippen molar-refractivity contribution in [2.75, 3.05) is 0 Å². The van der Waals surface area contributed by atoms with E-state index in [0.29, 0.717) is 0 Å². The Bertz CT molecular complexity index is 506. The molecule has 1 aromatic carbocycles. The van der Waals surface area contributed by atoms with E-state index in [4.69, 9.17) is 22.6 Å². The summed E-state index contributed by atoms with van der Waals surface area (Å²) in [7, 11) is 0. The van der Waals surface area contributed by atoms with Crippen molar-refractivity contribution in [1.29, 1.82) is 0 Å². The van der Waals surface area contributed by atoms with Gasteiger partial charge in [-0.25, -0.2) is 5.84 Å². The van der Waals surface area contributed by atoms with Gasteiger partial charge in [-0.15, -0.1) is 11.6 Å². The molecule has 1 aromatic rings. The molecule has 0 heterocycles. The Kier molecular flexibility index (Phi) is 4.63. The second-order valence-electron chi connectivity index (χ2n) is 4.07. The Balaban J connectivity index is 3.29. The Morgan fingerprint density at radius 1 is 1.32 bits per heavy atom. The number of carbonyl (C=O) groups is 3. The second-order valence-corrected chi connectivity index (χ2v) is 4.51. The average Bonchev–Trinajstić information content (AvgIpc) is 2.44. The minimum atomic E-state index is -2.00. The highest BCUT2D eigenvalue weighted by atomic mass is 35.5. The molecule has 1 amide bonds. The van der Waals surface area contributed by atoms with E-state index in [0.717, 1.165) is 6.92 Å². The number of carboxylic acids is 1. The number of aliphatic carboxylic acids is 1. The highest BCUT2D eigenvalue weighted by molar-refractivity contribution is 6.35. The van der Waals surface area contributed by atoms with Gasteiger partial charge in [-0.1, -0.05) is 30.3 Å². The summed E-state index contributed by atoms with van der Waals surface area (Å²) >= 11 is 5.70. The lowest BCUT2D eigenvalue weighted by Crippen LogP contribution is -2.54. The lowest BCUT2D eigenvalue weighted by atomic mass is 9.78. The highest BCUT2D eigenvalue weighted by Crippen LogP contribution is 2.31. The zero-order valence-electron chi connectivity index (χ0n) is 10.1. The molecule has 0 saturated heterocycles. The molecule has 7 heteroatoms. The van der Waals surface area contributed by atoms with Gasteiger partial charge in [-0.2, -0.15) is 0 Å². The van der Waals surface area contributed by atoms with Gasteiger partial charge in [0, 0.05) is 5.56 Å². The van der Waals surface area contributed by atoms with Crippen LogP contribution in [0.5, 0.6) is 0 Å². The minimum absolute atomic E-state index is 0.181. The van der Waals surface area contributed by atoms with Crippen LogP contribution in [0, 0.1) is 5.41 Å². The van der Waals surface area contributed by atoms with Crippen LogP contribution in [0.15, 0.2) is 30.3 Å². The zero-order chi connectivity index (χ0) is 14.6. The minimum Gasteiger partial charge on any atom is -0.480 e. The Hall–Kier alpha value is -1.92. The molecule has 0 spiro atoms. The number of amides is 1. The van der Waals surface area contributed by atoms with Crippen LogP contribution in [0.25, 0.3) is 0 Å². The second kappa shape index (κ2) is 5.81. The van der Waals surface area contributed by atoms with Gasteiger partial charge in [-0.05, 0) is 6.92 Å². The topological polar surface area (TPSA) is 109 Å². The Labute approximate surface area is 114 Å². The van der Waals surface area contributed by atoms with Gasteiger partial charge in [0.1, 0.15) is 5.41 Å². The number of rotatable bonds is 5. The molecule has 0 aliphatic carbocycles. The number of nitrogens with two attached hydrogens (primary N) is 1. The number of alkyl halides is 1. The molecule has 19 heavy (non-hydrogen) atoms. The number of carbonyl (C=O) groups excluding carboxylic acids is 2. The van der Waals surface area contributed by atoms with Gasteiger partial charge in [0.25, 0.3) is 0 Å². The molecular formula is C12H13ClN2O4. The van der Waals surface area contributed by atoms with Gasteiger partial charge in [0.2, 0.25) is 5.91 Å². The van der Waals surface area contributed by atoms with Crippen LogP contribution in [0.4, 0.5) is 0 Å². The maximum atomic E-state index is 12.3. The summed E-state index contributed by atoms with van der Waals surface area (Å²) in [6.07, 6.45) is 0. The summed E-state index contributed by atoms with van der Waals surface area (Å²) in [5, 5.41) is 7.22. The van der Waals surface area contributed by atoms with Crippen molar-refractivity contribution in [3.63, 3.8) is 0 Å². The summed E-state index contributed by atoms with van der Waals surface area (Å²) in [5.41, 5.74) is -0.0310. The molecule has 2 unspecified atom stereocenters. The molecule has 0 bridgehead atoms. The van der Waals surface area contributed by atoms with Crippen LogP contribution < -0.4 is 11.3 Å². The van der Waals surface area contributed by atoms with E-state index >= 15 is 0 Å². The fraction of sp³-hybridized carbons (Fsp3) is 0.250. The molecule has 2 atom stereocenters. The average molecular weight is 285 g/mol. The molecular weight excluding hydrogens is 272 g/mol. The van der Waals surface area contributed by atoms with Crippen LogP contribution in [-0.4, -0.2) is 28.1 Å². The summed E-state index contributed by atoms with van der Waals surface area (Å²) < 4.78 is 0. The first-order valence-corrected chi connectivity index (χ1v) is 5.77. The van der Waals surface area contributed by atoms with Crippen molar-refractivity contribution in [2.45, 2.75) is 12.3 Å². The van der Waals surface area contributed by atoms with Crippen LogP contribution in [0.2, 0.25) is 0 Å². The lowest BCUT2D eigenvalue weighted by Gasteiger charge is -2.28. The van der Waals surface area contributed by atoms with E-state index < -0.39 is 28.5 Å². The fourth-order valence-corrected chi connectivity index (χ4v) is 1.82. The maximum absolute atomic E-state index is 12.3. The molecule has 0 aliphatic rings. The van der Waals surface area contributed by atoms with Gasteiger partial charge in [-0.3, -0.25) is 19.8 Å². The molecule has 102 valence electrons. The van der Waals surface area contributed by atoms with Crippen molar-refractivity contribution in [3.05, 3.63) is 35.9 Å². The molecule has 0 aromatic heterocycles. The van der Waals surface area contributed by atoms with Gasteiger partial charge in [0.05, 0.1) is 0 Å². The predicted molar refractivity (Wildman–Crippen MR) is 68.5 cm³/mol. The molecule has 6 nitrogen and oxygen atoms in total. The highest BCUT2D eigenvalue weighted by Gasteiger charge is 2.50. The van der Waals surface area contributed by atoms with Gasteiger partial charge < -0.3 is 5.11 Å². The molecule has 0 saturated carbocycles. The van der Waals surface area contributed by atoms with E-state index in [1.54, 1.807) is 23.6 Å². The number of hydrogen-bond donors (Lipinski definition) is 3. The normalized spacial score (nSPS) is 15.1. The van der Waals surface area contributed by atoms with Crippen molar-refractivity contribution in [1.82, 2.24) is 5.43 Å². The molecule has 0 fully saturated rings. The third-order valence-electron chi connectivity index (χ3n) is 2.83. The summed E-state index contributed by atoms with van der Waals surface area (Å²) in [6, 6.07) is 7.81.